The van der Waals surface area contributed by atoms with Crippen molar-refractivity contribution in [3.8, 4) is 0 Å². The summed E-state index contributed by atoms with van der Waals surface area (Å²) in [7, 11) is 0. The van der Waals surface area contributed by atoms with Crippen LogP contribution in [0.1, 0.15) is 5.56 Å². The molecule has 0 unspecified atom stereocenters. The third kappa shape index (κ3) is 4.09. The van der Waals surface area contributed by atoms with Gasteiger partial charge in [-0.2, -0.15) is 0 Å². The lowest BCUT2D eigenvalue weighted by Gasteiger charge is -2.55. The van der Waals surface area contributed by atoms with Crippen LogP contribution in [0, 0.1) is 5.82 Å². The summed E-state index contributed by atoms with van der Waals surface area (Å²) in [5.41, 5.74) is -0.737. The summed E-state index contributed by atoms with van der Waals surface area (Å²) < 4.78 is 23.3. The van der Waals surface area contributed by atoms with Crippen LogP contribution in [0.25, 0.3) is 0 Å². The first-order valence-corrected chi connectivity index (χ1v) is 8.76. The van der Waals surface area contributed by atoms with Gasteiger partial charge in [0.25, 0.3) is 0 Å². The van der Waals surface area contributed by atoms with E-state index in [2.05, 4.69) is 10.1 Å². The maximum absolute atomic E-state index is 14.7. The second kappa shape index (κ2) is 7.89. The van der Waals surface area contributed by atoms with Gasteiger partial charge in [0, 0.05) is 5.69 Å². The molecule has 1 saturated heterocycles. The number of halogens is 1. The van der Waals surface area contributed by atoms with E-state index >= 15 is 0 Å². The zero-order valence-corrected chi connectivity index (χ0v) is 16.0. The Morgan fingerprint density at radius 1 is 0.938 bits per heavy atom. The zero-order valence-electron chi connectivity index (χ0n) is 16.0. The molecule has 1 heterocycles. The third-order valence-corrected chi connectivity index (χ3v) is 4.43. The Morgan fingerprint density at radius 2 is 1.50 bits per heavy atom. The molecular formula is C18H19FN2O11. The first-order valence-electron chi connectivity index (χ1n) is 8.76. The zero-order chi connectivity index (χ0) is 23.9. The predicted molar refractivity (Wildman–Crippen MR) is 98.9 cm³/mol. The summed E-state index contributed by atoms with van der Waals surface area (Å²) in [4.78, 5) is 11.2. The highest BCUT2D eigenvalue weighted by Crippen LogP contribution is 2.45. The molecule has 0 aliphatic carbocycles. The maximum atomic E-state index is 14.7. The molecule has 0 atom stereocenters. The van der Waals surface area contributed by atoms with E-state index in [0.717, 1.165) is 6.07 Å². The number of amides is 1. The number of nitrogens with one attached hydrogen (secondary N) is 1. The van der Waals surface area contributed by atoms with Crippen molar-refractivity contribution in [2.75, 3.05) is 10.2 Å². The molecule has 174 valence electrons. The van der Waals surface area contributed by atoms with E-state index in [4.69, 9.17) is 4.74 Å². The van der Waals surface area contributed by atoms with E-state index in [-0.39, 0.29) is 12.3 Å². The minimum atomic E-state index is -4.24. The minimum Gasteiger partial charge on any atom is -0.444 e. The molecule has 0 saturated carbocycles. The Morgan fingerprint density at radius 3 is 2.03 bits per heavy atom. The van der Waals surface area contributed by atoms with Gasteiger partial charge in [-0.25, -0.2) is 9.18 Å². The van der Waals surface area contributed by atoms with Crippen LogP contribution in [0.15, 0.2) is 48.5 Å². The summed E-state index contributed by atoms with van der Waals surface area (Å²) in [6.07, 6.45) is -0.987. The number of nitrogens with zero attached hydrogens (tertiary/aromatic N) is 1. The van der Waals surface area contributed by atoms with Crippen molar-refractivity contribution in [3.63, 3.8) is 0 Å². The monoisotopic (exact) mass is 458 g/mol. The van der Waals surface area contributed by atoms with Gasteiger partial charge in [-0.3, -0.25) is 15.0 Å². The number of hydrogen-bond acceptors (Lipinski definition) is 12. The first-order chi connectivity index (χ1) is 14.7. The van der Waals surface area contributed by atoms with Crippen LogP contribution >= 0.6 is 0 Å². The predicted octanol–water partition coefficient (Wildman–Crippen LogP) is -2.04. The van der Waals surface area contributed by atoms with Crippen LogP contribution in [0.3, 0.4) is 0 Å². The molecule has 14 heteroatoms. The number of ether oxygens (including phenoxy) is 2. The van der Waals surface area contributed by atoms with E-state index < -0.39 is 46.3 Å². The van der Waals surface area contributed by atoms with Gasteiger partial charge in [-0.05, 0) is 23.8 Å². The van der Waals surface area contributed by atoms with Gasteiger partial charge >= 0.3 is 29.9 Å². The van der Waals surface area contributed by atoms with Crippen molar-refractivity contribution < 1.29 is 59.5 Å². The second-order valence-electron chi connectivity index (χ2n) is 6.78. The number of anilines is 2. The molecule has 2 aromatic carbocycles. The summed E-state index contributed by atoms with van der Waals surface area (Å²) in [6.45, 7) is -0.0970. The summed E-state index contributed by atoms with van der Waals surface area (Å²) in [6, 6.07) is 10.7. The number of benzene rings is 2. The summed E-state index contributed by atoms with van der Waals surface area (Å²) >= 11 is 0. The highest BCUT2D eigenvalue weighted by Gasteiger charge is 2.75. The van der Waals surface area contributed by atoms with Crippen molar-refractivity contribution in [3.05, 3.63) is 59.9 Å². The molecule has 13 nitrogen and oxygen atoms in total. The standard InChI is InChI=1S/C18H19FN2O11/c19-12-8-11(20-14(22)31-9-10-4-2-1-3-5-10)6-7-13(12)21-15(23,24)17(27,28)32-18(29,30)16(21,25)26/h1-8,23-30H,9H2,(H,20,22). The minimum absolute atomic E-state index is 0.0970. The SMILES string of the molecule is O=C(Nc1ccc(N2C(O)(O)C(O)(O)OC(O)(O)C2(O)O)c(F)c1)OCc1ccccc1. The number of carbonyl (C=O) groups is 1. The molecule has 32 heavy (non-hydrogen) atoms. The Hall–Kier alpha value is -2.92. The van der Waals surface area contributed by atoms with E-state index in [9.17, 15) is 50.0 Å². The van der Waals surface area contributed by atoms with E-state index in [0.29, 0.717) is 17.7 Å². The lowest BCUT2D eigenvalue weighted by molar-refractivity contribution is -0.606. The maximum Gasteiger partial charge on any atom is 0.411 e. The largest absolute Gasteiger partial charge is 0.444 e. The van der Waals surface area contributed by atoms with E-state index in [1.165, 1.54) is 0 Å². The van der Waals surface area contributed by atoms with Gasteiger partial charge in [-0.15, -0.1) is 0 Å². The van der Waals surface area contributed by atoms with Crippen LogP contribution in [-0.4, -0.2) is 70.7 Å². The topological polar surface area (TPSA) is 213 Å². The highest BCUT2D eigenvalue weighted by molar-refractivity contribution is 5.85. The molecule has 0 spiro atoms. The normalized spacial score (nSPS) is 20.5. The molecule has 3 rings (SSSR count). The van der Waals surface area contributed by atoms with Gasteiger partial charge in [0.05, 0.1) is 5.69 Å². The number of morpholine rings is 1. The molecular weight excluding hydrogens is 439 g/mol. The lowest BCUT2D eigenvalue weighted by Crippen LogP contribution is -2.84. The van der Waals surface area contributed by atoms with Gasteiger partial charge in [0.1, 0.15) is 12.4 Å². The van der Waals surface area contributed by atoms with Crippen LogP contribution in [0.2, 0.25) is 0 Å². The van der Waals surface area contributed by atoms with Gasteiger partial charge in [-0.1, -0.05) is 30.3 Å². The molecule has 2 aromatic rings. The van der Waals surface area contributed by atoms with Crippen LogP contribution in [0.4, 0.5) is 20.6 Å². The summed E-state index contributed by atoms with van der Waals surface area (Å²) in [5.74, 6) is -18.4. The fourth-order valence-corrected chi connectivity index (χ4v) is 2.82. The smallest absolute Gasteiger partial charge is 0.411 e. The summed E-state index contributed by atoms with van der Waals surface area (Å²) in [5, 5.41) is 80.3. The molecule has 1 fully saturated rings. The molecule has 1 aliphatic heterocycles. The highest BCUT2D eigenvalue weighted by atomic mass is 19.1. The van der Waals surface area contributed by atoms with Crippen molar-refractivity contribution in [2.24, 2.45) is 0 Å². The molecule has 0 aromatic heterocycles. The van der Waals surface area contributed by atoms with Crippen molar-refractivity contribution in [2.45, 2.75) is 30.4 Å². The van der Waals surface area contributed by atoms with E-state index in [1.54, 1.807) is 30.3 Å². The average molecular weight is 458 g/mol. The second-order valence-corrected chi connectivity index (χ2v) is 6.78. The van der Waals surface area contributed by atoms with Crippen molar-refractivity contribution >= 4 is 17.5 Å². The number of aliphatic hydroxyl groups is 8. The Balaban J connectivity index is 1.84. The molecule has 0 bridgehead atoms. The van der Waals surface area contributed by atoms with Crippen molar-refractivity contribution in [1.82, 2.24) is 0 Å². The average Bonchev–Trinajstić information content (AvgIpc) is 2.67. The van der Waals surface area contributed by atoms with Crippen LogP contribution < -0.4 is 10.2 Å². The fourth-order valence-electron chi connectivity index (χ4n) is 2.82. The third-order valence-electron chi connectivity index (χ3n) is 4.43. The number of rotatable bonds is 4. The molecule has 0 radical (unpaired) electrons. The van der Waals surface area contributed by atoms with Crippen molar-refractivity contribution in [1.29, 1.82) is 0 Å². The Bertz CT molecular complexity index is 972. The van der Waals surface area contributed by atoms with Gasteiger partial charge < -0.3 is 45.6 Å². The fraction of sp³-hybridized carbons (Fsp3) is 0.278. The molecule has 9 N–H and O–H groups in total. The lowest BCUT2D eigenvalue weighted by atomic mass is 10.1. The Labute approximate surface area is 178 Å². The van der Waals surface area contributed by atoms with E-state index in [1.807, 2.05) is 0 Å². The number of hydrogen-bond donors (Lipinski definition) is 9. The van der Waals surface area contributed by atoms with Gasteiger partial charge in [0.2, 0.25) is 0 Å². The van der Waals surface area contributed by atoms with Crippen LogP contribution in [-0.2, 0) is 16.1 Å². The molecule has 1 aliphatic rings. The van der Waals surface area contributed by atoms with Gasteiger partial charge in [0.15, 0.2) is 0 Å². The Kier molecular flexibility index (Phi) is 5.85. The quantitative estimate of drug-likeness (QED) is 0.227. The first kappa shape index (κ1) is 23.7. The number of carbonyl (C=O) groups excluding carboxylic acids is 1. The molecule has 1 amide bonds. The van der Waals surface area contributed by atoms with Crippen LogP contribution in [0.5, 0.6) is 0 Å².